The van der Waals surface area contributed by atoms with Crippen LogP contribution in [0.4, 0.5) is 0 Å². The molecule has 2 aliphatic carbocycles. The molecule has 2 heteroatoms. The van der Waals surface area contributed by atoms with Crippen LogP contribution >= 0.6 is 0 Å². The molecule has 100 valence electrons. The SMILES string of the molecule is CCCN(CC1CC1)C1CC(O)CCC1CC. The average Bonchev–Trinajstić information content (AvgIpc) is 3.12. The standard InChI is InChI=1S/C15H29NO/c1-3-9-16(11-12-5-6-12)15-10-14(17)8-7-13(15)4-2/h12-15,17H,3-11H2,1-2H3. The Morgan fingerprint density at radius 2 is 1.88 bits per heavy atom. The summed E-state index contributed by atoms with van der Waals surface area (Å²) in [6.07, 6.45) is 8.63. The lowest BCUT2D eigenvalue weighted by Crippen LogP contribution is -2.46. The molecule has 0 aliphatic heterocycles. The minimum Gasteiger partial charge on any atom is -0.393 e. The van der Waals surface area contributed by atoms with Crippen molar-refractivity contribution in [2.45, 2.75) is 70.9 Å². The molecule has 2 aliphatic rings. The van der Waals surface area contributed by atoms with Gasteiger partial charge in [0.2, 0.25) is 0 Å². The van der Waals surface area contributed by atoms with Gasteiger partial charge in [-0.25, -0.2) is 0 Å². The van der Waals surface area contributed by atoms with Gasteiger partial charge >= 0.3 is 0 Å². The summed E-state index contributed by atoms with van der Waals surface area (Å²) in [4.78, 5) is 2.70. The van der Waals surface area contributed by atoms with Crippen molar-refractivity contribution >= 4 is 0 Å². The van der Waals surface area contributed by atoms with E-state index in [0.717, 1.165) is 24.7 Å². The number of hydrogen-bond donors (Lipinski definition) is 1. The summed E-state index contributed by atoms with van der Waals surface area (Å²) in [6.45, 7) is 7.11. The minimum atomic E-state index is -0.0404. The highest BCUT2D eigenvalue weighted by atomic mass is 16.3. The molecule has 17 heavy (non-hydrogen) atoms. The highest BCUT2D eigenvalue weighted by Crippen LogP contribution is 2.35. The minimum absolute atomic E-state index is 0.0404. The van der Waals surface area contributed by atoms with E-state index in [0.29, 0.717) is 6.04 Å². The third-order valence-corrected chi connectivity index (χ3v) is 4.62. The molecule has 0 aromatic rings. The van der Waals surface area contributed by atoms with Gasteiger partial charge in [-0.15, -0.1) is 0 Å². The topological polar surface area (TPSA) is 23.5 Å². The van der Waals surface area contributed by atoms with Crippen LogP contribution in [0.25, 0.3) is 0 Å². The van der Waals surface area contributed by atoms with Crippen molar-refractivity contribution in [1.29, 1.82) is 0 Å². The molecule has 0 heterocycles. The van der Waals surface area contributed by atoms with Gasteiger partial charge in [0.15, 0.2) is 0 Å². The van der Waals surface area contributed by atoms with E-state index in [9.17, 15) is 5.11 Å². The van der Waals surface area contributed by atoms with Gasteiger partial charge < -0.3 is 5.11 Å². The molecule has 2 saturated carbocycles. The van der Waals surface area contributed by atoms with Crippen LogP contribution in [0.15, 0.2) is 0 Å². The third kappa shape index (κ3) is 3.69. The van der Waals surface area contributed by atoms with Gasteiger partial charge in [-0.1, -0.05) is 20.3 Å². The van der Waals surface area contributed by atoms with Crippen LogP contribution in [-0.2, 0) is 0 Å². The van der Waals surface area contributed by atoms with Crippen LogP contribution in [0.3, 0.4) is 0 Å². The molecular formula is C15H29NO. The Kier molecular flexibility index (Phi) is 4.87. The lowest BCUT2D eigenvalue weighted by atomic mass is 9.80. The van der Waals surface area contributed by atoms with E-state index >= 15 is 0 Å². The second-order valence-electron chi connectivity index (χ2n) is 6.14. The molecule has 0 amide bonds. The monoisotopic (exact) mass is 239 g/mol. The summed E-state index contributed by atoms with van der Waals surface area (Å²) in [5.41, 5.74) is 0. The maximum Gasteiger partial charge on any atom is 0.0555 e. The maximum absolute atomic E-state index is 9.93. The summed E-state index contributed by atoms with van der Waals surface area (Å²) < 4.78 is 0. The summed E-state index contributed by atoms with van der Waals surface area (Å²) >= 11 is 0. The second kappa shape index (κ2) is 6.19. The van der Waals surface area contributed by atoms with Crippen LogP contribution in [0.2, 0.25) is 0 Å². The van der Waals surface area contributed by atoms with Crippen LogP contribution in [0.5, 0.6) is 0 Å². The number of aliphatic hydroxyl groups is 1. The summed E-state index contributed by atoms with van der Waals surface area (Å²) in [7, 11) is 0. The zero-order valence-corrected chi connectivity index (χ0v) is 11.6. The first-order valence-electron chi connectivity index (χ1n) is 7.66. The average molecular weight is 239 g/mol. The third-order valence-electron chi connectivity index (χ3n) is 4.62. The van der Waals surface area contributed by atoms with Crippen LogP contribution < -0.4 is 0 Å². The zero-order valence-electron chi connectivity index (χ0n) is 11.6. The van der Waals surface area contributed by atoms with Gasteiger partial charge in [0.1, 0.15) is 0 Å². The van der Waals surface area contributed by atoms with Crippen molar-refractivity contribution in [3.8, 4) is 0 Å². The fourth-order valence-electron chi connectivity index (χ4n) is 3.42. The summed E-state index contributed by atoms with van der Waals surface area (Å²) in [6, 6.07) is 0.657. The van der Waals surface area contributed by atoms with Gasteiger partial charge in [-0.2, -0.15) is 0 Å². The summed E-state index contributed by atoms with van der Waals surface area (Å²) in [5, 5.41) is 9.93. The van der Waals surface area contributed by atoms with E-state index in [2.05, 4.69) is 18.7 Å². The van der Waals surface area contributed by atoms with Crippen molar-refractivity contribution in [2.75, 3.05) is 13.1 Å². The first kappa shape index (κ1) is 13.4. The molecule has 0 spiro atoms. The Labute approximate surface area is 106 Å². The molecule has 3 atom stereocenters. The van der Waals surface area contributed by atoms with Crippen molar-refractivity contribution in [2.24, 2.45) is 11.8 Å². The molecule has 0 radical (unpaired) electrons. The quantitative estimate of drug-likeness (QED) is 0.770. The van der Waals surface area contributed by atoms with Gasteiger partial charge in [0.05, 0.1) is 6.10 Å². The van der Waals surface area contributed by atoms with Crippen LogP contribution in [-0.4, -0.2) is 35.2 Å². The predicted octanol–water partition coefficient (Wildman–Crippen LogP) is 3.05. The van der Waals surface area contributed by atoms with Crippen molar-refractivity contribution in [1.82, 2.24) is 4.90 Å². The molecule has 0 aromatic heterocycles. The van der Waals surface area contributed by atoms with E-state index in [4.69, 9.17) is 0 Å². The smallest absolute Gasteiger partial charge is 0.0555 e. The Bertz CT molecular complexity index is 227. The molecule has 2 fully saturated rings. The van der Waals surface area contributed by atoms with Gasteiger partial charge in [0, 0.05) is 12.6 Å². The van der Waals surface area contributed by atoms with E-state index in [1.54, 1.807) is 0 Å². The van der Waals surface area contributed by atoms with Crippen LogP contribution in [0, 0.1) is 11.8 Å². The number of hydrogen-bond acceptors (Lipinski definition) is 2. The molecule has 0 saturated heterocycles. The van der Waals surface area contributed by atoms with Gasteiger partial charge in [-0.05, 0) is 56.9 Å². The molecule has 3 unspecified atom stereocenters. The summed E-state index contributed by atoms with van der Waals surface area (Å²) in [5.74, 6) is 1.79. The second-order valence-corrected chi connectivity index (χ2v) is 6.14. The number of rotatable bonds is 6. The highest BCUT2D eigenvalue weighted by Gasteiger charge is 2.35. The lowest BCUT2D eigenvalue weighted by Gasteiger charge is -2.41. The Balaban J connectivity index is 1.96. The van der Waals surface area contributed by atoms with Crippen molar-refractivity contribution in [3.05, 3.63) is 0 Å². The van der Waals surface area contributed by atoms with E-state index in [-0.39, 0.29) is 6.10 Å². The van der Waals surface area contributed by atoms with Gasteiger partial charge in [-0.3, -0.25) is 4.90 Å². The Morgan fingerprint density at radius 1 is 1.12 bits per heavy atom. The van der Waals surface area contributed by atoms with E-state index in [1.807, 2.05) is 0 Å². The lowest BCUT2D eigenvalue weighted by molar-refractivity contribution is 0.0233. The molecule has 2 nitrogen and oxygen atoms in total. The number of nitrogens with zero attached hydrogens (tertiary/aromatic N) is 1. The van der Waals surface area contributed by atoms with Crippen LogP contribution in [0.1, 0.15) is 58.8 Å². The number of aliphatic hydroxyl groups excluding tert-OH is 1. The Hall–Kier alpha value is -0.0800. The Morgan fingerprint density at radius 3 is 2.47 bits per heavy atom. The molecule has 0 bridgehead atoms. The molecule has 1 N–H and O–H groups in total. The molecule has 2 rings (SSSR count). The fourth-order valence-corrected chi connectivity index (χ4v) is 3.42. The first-order valence-corrected chi connectivity index (χ1v) is 7.66. The normalized spacial score (nSPS) is 34.2. The van der Waals surface area contributed by atoms with Crippen molar-refractivity contribution in [3.63, 3.8) is 0 Å². The highest BCUT2D eigenvalue weighted by molar-refractivity contribution is 4.89. The predicted molar refractivity (Wildman–Crippen MR) is 72.0 cm³/mol. The molecule has 0 aromatic carbocycles. The largest absolute Gasteiger partial charge is 0.393 e. The first-order chi connectivity index (χ1) is 8.24. The maximum atomic E-state index is 9.93. The van der Waals surface area contributed by atoms with E-state index < -0.39 is 0 Å². The fraction of sp³-hybridized carbons (Fsp3) is 1.00. The zero-order chi connectivity index (χ0) is 12.3. The van der Waals surface area contributed by atoms with Crippen molar-refractivity contribution < 1.29 is 5.11 Å². The molecular weight excluding hydrogens is 210 g/mol. The van der Waals surface area contributed by atoms with E-state index in [1.165, 1.54) is 45.2 Å². The van der Waals surface area contributed by atoms with Gasteiger partial charge in [0.25, 0.3) is 0 Å².